The second-order valence-electron chi connectivity index (χ2n) is 10.5. The summed E-state index contributed by atoms with van der Waals surface area (Å²) in [7, 11) is 2.91. The number of benzene rings is 2. The van der Waals surface area contributed by atoms with E-state index in [1.54, 1.807) is 12.1 Å². The molecule has 0 saturated carbocycles. The van der Waals surface area contributed by atoms with Gasteiger partial charge < -0.3 is 29.0 Å². The molecule has 2 aromatic carbocycles. The standard InChI is InChI=1S/C28H35NO7Si/c1-15(2)19-14-37(7,8)24-9-16(3)21(12-18(19)24)35-25-13-20(30)27(36-25)28(31)29-26-22(33-5)10-17(32-4)11-23(26)34-6/h9-13,15,19,27H,14H2,1-8H3,(H,29,31). The first-order chi connectivity index (χ1) is 17.5. The van der Waals surface area contributed by atoms with Crippen molar-refractivity contribution in [1.29, 1.82) is 0 Å². The Hall–Kier alpha value is -3.46. The molecule has 8 nitrogen and oxygen atoms in total. The van der Waals surface area contributed by atoms with Gasteiger partial charge in [0.15, 0.2) is 0 Å². The van der Waals surface area contributed by atoms with E-state index >= 15 is 0 Å². The van der Waals surface area contributed by atoms with E-state index in [0.29, 0.717) is 34.8 Å². The molecule has 0 fully saturated rings. The lowest BCUT2D eigenvalue weighted by atomic mass is 9.90. The second-order valence-corrected chi connectivity index (χ2v) is 15.2. The van der Waals surface area contributed by atoms with Crippen LogP contribution in [0.3, 0.4) is 0 Å². The highest BCUT2D eigenvalue weighted by Crippen LogP contribution is 2.42. The Morgan fingerprint density at radius 3 is 2.24 bits per heavy atom. The Kier molecular flexibility index (Phi) is 7.28. The lowest BCUT2D eigenvalue weighted by Gasteiger charge is -2.19. The highest BCUT2D eigenvalue weighted by Gasteiger charge is 2.41. The quantitative estimate of drug-likeness (QED) is 0.400. The molecule has 2 aliphatic rings. The number of hydrogen-bond acceptors (Lipinski definition) is 7. The van der Waals surface area contributed by atoms with Crippen LogP contribution in [0.15, 0.2) is 36.3 Å². The van der Waals surface area contributed by atoms with E-state index < -0.39 is 25.9 Å². The molecule has 1 N–H and O–H groups in total. The molecule has 2 unspecified atom stereocenters. The number of aryl methyl sites for hydroxylation is 1. The van der Waals surface area contributed by atoms with Gasteiger partial charge in [-0.3, -0.25) is 9.59 Å². The van der Waals surface area contributed by atoms with Gasteiger partial charge in [0.1, 0.15) is 28.7 Å². The summed E-state index contributed by atoms with van der Waals surface area (Å²) in [6, 6.07) is 8.73. The number of nitrogens with one attached hydrogen (secondary N) is 1. The minimum Gasteiger partial charge on any atom is -0.496 e. The Labute approximate surface area is 218 Å². The van der Waals surface area contributed by atoms with Gasteiger partial charge >= 0.3 is 0 Å². The molecular formula is C28H35NO7Si. The Balaban J connectivity index is 1.53. The van der Waals surface area contributed by atoms with Gasteiger partial charge in [0.2, 0.25) is 11.9 Å². The largest absolute Gasteiger partial charge is 0.496 e. The van der Waals surface area contributed by atoms with Crippen LogP contribution in [-0.4, -0.2) is 47.2 Å². The minimum absolute atomic E-state index is 0.00235. The van der Waals surface area contributed by atoms with Crippen LogP contribution in [0, 0.1) is 12.8 Å². The van der Waals surface area contributed by atoms with E-state index in [-0.39, 0.29) is 11.6 Å². The van der Waals surface area contributed by atoms with E-state index in [0.717, 1.165) is 5.56 Å². The third-order valence-corrected chi connectivity index (χ3v) is 10.5. The molecule has 0 radical (unpaired) electrons. The predicted molar refractivity (Wildman–Crippen MR) is 144 cm³/mol. The van der Waals surface area contributed by atoms with Crippen molar-refractivity contribution in [1.82, 2.24) is 0 Å². The number of amides is 1. The molecule has 2 atom stereocenters. The normalized spacial score (nSPS) is 19.7. The number of carbonyl (C=O) groups is 2. The number of anilines is 1. The molecule has 0 aromatic heterocycles. The molecule has 1 amide bonds. The fraction of sp³-hybridized carbons (Fsp3) is 0.429. The van der Waals surface area contributed by atoms with Gasteiger partial charge in [-0.15, -0.1) is 0 Å². The molecular weight excluding hydrogens is 490 g/mol. The summed E-state index contributed by atoms with van der Waals surface area (Å²) in [6.45, 7) is 11.3. The van der Waals surface area contributed by atoms with Crippen LogP contribution in [0.25, 0.3) is 0 Å². The van der Waals surface area contributed by atoms with E-state index in [4.69, 9.17) is 23.7 Å². The molecule has 198 valence electrons. The molecule has 37 heavy (non-hydrogen) atoms. The molecule has 0 aliphatic carbocycles. The van der Waals surface area contributed by atoms with Crippen LogP contribution in [0.2, 0.25) is 19.1 Å². The lowest BCUT2D eigenvalue weighted by molar-refractivity contribution is -0.134. The molecule has 4 rings (SSSR count). The van der Waals surface area contributed by atoms with E-state index in [2.05, 4.69) is 44.4 Å². The summed E-state index contributed by atoms with van der Waals surface area (Å²) < 4.78 is 27.7. The number of ketones is 1. The van der Waals surface area contributed by atoms with Crippen LogP contribution in [0.1, 0.15) is 30.9 Å². The van der Waals surface area contributed by atoms with Gasteiger partial charge in [-0.25, -0.2) is 0 Å². The number of hydrogen-bond donors (Lipinski definition) is 1. The van der Waals surface area contributed by atoms with Crippen molar-refractivity contribution in [3.63, 3.8) is 0 Å². The molecule has 2 aliphatic heterocycles. The molecule has 2 aromatic rings. The second kappa shape index (κ2) is 10.1. The smallest absolute Gasteiger partial charge is 0.289 e. The maximum atomic E-state index is 13.0. The third kappa shape index (κ3) is 5.05. The fourth-order valence-corrected chi connectivity index (χ4v) is 8.79. The Morgan fingerprint density at radius 2 is 1.68 bits per heavy atom. The summed E-state index contributed by atoms with van der Waals surface area (Å²) in [4.78, 5) is 25.7. The maximum Gasteiger partial charge on any atom is 0.289 e. The summed E-state index contributed by atoms with van der Waals surface area (Å²) in [5.74, 6) is 1.59. The van der Waals surface area contributed by atoms with Crippen LogP contribution in [-0.2, 0) is 14.3 Å². The number of carbonyl (C=O) groups excluding carboxylic acids is 2. The Morgan fingerprint density at radius 1 is 1.03 bits per heavy atom. The van der Waals surface area contributed by atoms with Crippen molar-refractivity contribution in [2.45, 2.75) is 51.9 Å². The van der Waals surface area contributed by atoms with Crippen molar-refractivity contribution in [3.8, 4) is 23.0 Å². The van der Waals surface area contributed by atoms with Crippen molar-refractivity contribution in [2.75, 3.05) is 26.6 Å². The zero-order valence-electron chi connectivity index (χ0n) is 22.7. The Bertz CT molecular complexity index is 1240. The lowest BCUT2D eigenvalue weighted by Crippen LogP contribution is -2.37. The molecule has 0 bridgehead atoms. The summed E-state index contributed by atoms with van der Waals surface area (Å²) in [5.41, 5.74) is 2.56. The van der Waals surface area contributed by atoms with Gasteiger partial charge in [-0.05, 0) is 42.0 Å². The predicted octanol–water partition coefficient (Wildman–Crippen LogP) is 4.52. The van der Waals surface area contributed by atoms with E-state index in [1.165, 1.54) is 44.2 Å². The van der Waals surface area contributed by atoms with Gasteiger partial charge in [-0.2, -0.15) is 0 Å². The number of rotatable bonds is 8. The molecule has 0 spiro atoms. The first-order valence-corrected chi connectivity index (χ1v) is 15.6. The fourth-order valence-electron chi connectivity index (χ4n) is 5.13. The van der Waals surface area contributed by atoms with Crippen LogP contribution in [0.5, 0.6) is 23.0 Å². The highest BCUT2D eigenvalue weighted by molar-refractivity contribution is 6.91. The molecule has 9 heteroatoms. The van der Waals surface area contributed by atoms with E-state index in [9.17, 15) is 9.59 Å². The van der Waals surface area contributed by atoms with Crippen LogP contribution >= 0.6 is 0 Å². The topological polar surface area (TPSA) is 92.3 Å². The van der Waals surface area contributed by atoms with E-state index in [1.807, 2.05) is 6.92 Å². The number of ether oxygens (including phenoxy) is 5. The van der Waals surface area contributed by atoms with Crippen molar-refractivity contribution < 1.29 is 33.3 Å². The zero-order chi connectivity index (χ0) is 27.1. The minimum atomic E-state index is -1.52. The molecule has 2 heterocycles. The number of methoxy groups -OCH3 is 3. The first kappa shape index (κ1) is 26.6. The van der Waals surface area contributed by atoms with Crippen molar-refractivity contribution >= 4 is 30.6 Å². The monoisotopic (exact) mass is 525 g/mol. The molecule has 0 saturated heterocycles. The zero-order valence-corrected chi connectivity index (χ0v) is 23.7. The maximum absolute atomic E-state index is 13.0. The summed E-state index contributed by atoms with van der Waals surface area (Å²) in [6.07, 6.45) is -0.172. The van der Waals surface area contributed by atoms with Gasteiger partial charge in [-0.1, -0.05) is 38.2 Å². The average Bonchev–Trinajstić information content (AvgIpc) is 3.35. The van der Waals surface area contributed by atoms with Gasteiger partial charge in [0.25, 0.3) is 11.9 Å². The van der Waals surface area contributed by atoms with Crippen molar-refractivity contribution in [3.05, 3.63) is 47.4 Å². The van der Waals surface area contributed by atoms with Gasteiger partial charge in [0.05, 0.1) is 35.5 Å². The third-order valence-electron chi connectivity index (χ3n) is 7.18. The van der Waals surface area contributed by atoms with Gasteiger partial charge in [0, 0.05) is 12.1 Å². The van der Waals surface area contributed by atoms with Crippen LogP contribution in [0.4, 0.5) is 5.69 Å². The first-order valence-electron chi connectivity index (χ1n) is 12.3. The highest BCUT2D eigenvalue weighted by atomic mass is 28.3. The average molecular weight is 526 g/mol. The van der Waals surface area contributed by atoms with Crippen molar-refractivity contribution in [2.24, 2.45) is 5.92 Å². The number of fused-ring (bicyclic) bond motifs is 1. The summed E-state index contributed by atoms with van der Waals surface area (Å²) >= 11 is 0. The SMILES string of the molecule is COc1cc(OC)c(NC(=O)C2OC(Oc3cc4c(cc3C)[Si](C)(C)CC4C(C)C)=CC2=O)c(OC)c1. The van der Waals surface area contributed by atoms with Crippen LogP contribution < -0.4 is 29.5 Å². The summed E-state index contributed by atoms with van der Waals surface area (Å²) in [5, 5.41) is 4.15.